The SMILES string of the molecule is CCCNC1CCN(C2CCCCCC2C)C1=O. The summed E-state index contributed by atoms with van der Waals surface area (Å²) in [7, 11) is 0. The van der Waals surface area contributed by atoms with Gasteiger partial charge in [0.25, 0.3) is 0 Å². The van der Waals surface area contributed by atoms with Crippen molar-refractivity contribution < 1.29 is 4.79 Å². The van der Waals surface area contributed by atoms with Crippen molar-refractivity contribution in [1.82, 2.24) is 10.2 Å². The van der Waals surface area contributed by atoms with Crippen LogP contribution in [0.1, 0.15) is 58.8 Å². The smallest absolute Gasteiger partial charge is 0.240 e. The zero-order valence-corrected chi connectivity index (χ0v) is 12.0. The van der Waals surface area contributed by atoms with Gasteiger partial charge in [0, 0.05) is 12.6 Å². The van der Waals surface area contributed by atoms with Crippen LogP contribution in [0, 0.1) is 5.92 Å². The molecule has 1 saturated carbocycles. The second-order valence-electron chi connectivity index (χ2n) is 6.01. The van der Waals surface area contributed by atoms with Gasteiger partial charge in [0.05, 0.1) is 6.04 Å². The molecule has 0 radical (unpaired) electrons. The van der Waals surface area contributed by atoms with E-state index >= 15 is 0 Å². The third-order valence-corrected chi connectivity index (χ3v) is 4.60. The molecule has 104 valence electrons. The number of carbonyl (C=O) groups is 1. The zero-order valence-electron chi connectivity index (χ0n) is 12.0. The van der Waals surface area contributed by atoms with E-state index in [1.54, 1.807) is 0 Å². The fourth-order valence-corrected chi connectivity index (χ4v) is 3.48. The summed E-state index contributed by atoms with van der Waals surface area (Å²) in [6.07, 6.45) is 8.60. The Balaban J connectivity index is 1.94. The number of rotatable bonds is 4. The number of amides is 1. The molecule has 0 aromatic carbocycles. The molecule has 1 aliphatic heterocycles. The molecular weight excluding hydrogens is 224 g/mol. The molecule has 1 N–H and O–H groups in total. The minimum Gasteiger partial charge on any atom is -0.338 e. The number of carbonyl (C=O) groups excluding carboxylic acids is 1. The van der Waals surface area contributed by atoms with E-state index in [-0.39, 0.29) is 6.04 Å². The van der Waals surface area contributed by atoms with Crippen LogP contribution in [-0.4, -0.2) is 36.0 Å². The van der Waals surface area contributed by atoms with Gasteiger partial charge < -0.3 is 10.2 Å². The van der Waals surface area contributed by atoms with E-state index in [4.69, 9.17) is 0 Å². The third kappa shape index (κ3) is 3.05. The predicted octanol–water partition coefficient (Wildman–Crippen LogP) is 2.56. The van der Waals surface area contributed by atoms with E-state index in [1.165, 1.54) is 32.1 Å². The maximum atomic E-state index is 12.4. The molecule has 0 spiro atoms. The Bertz CT molecular complexity index is 280. The monoisotopic (exact) mass is 252 g/mol. The summed E-state index contributed by atoms with van der Waals surface area (Å²) in [5.74, 6) is 1.04. The van der Waals surface area contributed by atoms with Gasteiger partial charge in [-0.25, -0.2) is 0 Å². The van der Waals surface area contributed by atoms with Gasteiger partial charge in [-0.05, 0) is 38.1 Å². The Morgan fingerprint density at radius 2 is 2.00 bits per heavy atom. The Hall–Kier alpha value is -0.570. The minimum absolute atomic E-state index is 0.0976. The highest BCUT2D eigenvalue weighted by molar-refractivity contribution is 5.84. The van der Waals surface area contributed by atoms with E-state index in [9.17, 15) is 4.79 Å². The highest BCUT2D eigenvalue weighted by atomic mass is 16.2. The number of nitrogens with zero attached hydrogens (tertiary/aromatic N) is 1. The molecule has 0 bridgehead atoms. The van der Waals surface area contributed by atoms with Crippen molar-refractivity contribution in [3.63, 3.8) is 0 Å². The molecule has 2 aliphatic rings. The van der Waals surface area contributed by atoms with Crippen LogP contribution in [0.25, 0.3) is 0 Å². The molecule has 18 heavy (non-hydrogen) atoms. The molecule has 1 aliphatic carbocycles. The molecule has 3 nitrogen and oxygen atoms in total. The fourth-order valence-electron chi connectivity index (χ4n) is 3.48. The largest absolute Gasteiger partial charge is 0.338 e. The highest BCUT2D eigenvalue weighted by Crippen LogP contribution is 2.29. The van der Waals surface area contributed by atoms with E-state index in [1.807, 2.05) is 0 Å². The molecule has 0 aromatic heterocycles. The molecule has 3 atom stereocenters. The first-order chi connectivity index (χ1) is 8.74. The summed E-state index contributed by atoms with van der Waals surface area (Å²) in [5.41, 5.74) is 0. The van der Waals surface area contributed by atoms with Crippen LogP contribution in [-0.2, 0) is 4.79 Å². The first-order valence-electron chi connectivity index (χ1n) is 7.78. The van der Waals surface area contributed by atoms with Crippen LogP contribution >= 0.6 is 0 Å². The fraction of sp³-hybridized carbons (Fsp3) is 0.933. The quantitative estimate of drug-likeness (QED) is 0.780. The van der Waals surface area contributed by atoms with Gasteiger partial charge in [0.15, 0.2) is 0 Å². The lowest BCUT2D eigenvalue weighted by Crippen LogP contribution is -2.45. The lowest BCUT2D eigenvalue weighted by molar-refractivity contribution is -0.132. The molecule has 1 heterocycles. The average Bonchev–Trinajstić information content (AvgIpc) is 2.58. The van der Waals surface area contributed by atoms with Crippen molar-refractivity contribution in [2.45, 2.75) is 70.9 Å². The molecule has 3 heteroatoms. The van der Waals surface area contributed by atoms with Gasteiger partial charge in [-0.2, -0.15) is 0 Å². The topological polar surface area (TPSA) is 32.3 Å². The first-order valence-corrected chi connectivity index (χ1v) is 7.78. The van der Waals surface area contributed by atoms with Crippen molar-refractivity contribution >= 4 is 5.91 Å². The summed E-state index contributed by atoms with van der Waals surface area (Å²) in [4.78, 5) is 14.6. The Kier molecular flexibility index (Phi) is 5.04. The normalized spacial score (nSPS) is 33.8. The van der Waals surface area contributed by atoms with Crippen molar-refractivity contribution in [1.29, 1.82) is 0 Å². The van der Waals surface area contributed by atoms with Crippen LogP contribution in [0.4, 0.5) is 0 Å². The van der Waals surface area contributed by atoms with Crippen LogP contribution in [0.15, 0.2) is 0 Å². The maximum Gasteiger partial charge on any atom is 0.240 e. The zero-order chi connectivity index (χ0) is 13.0. The Labute approximate surface area is 111 Å². The van der Waals surface area contributed by atoms with E-state index in [0.717, 1.165) is 25.9 Å². The minimum atomic E-state index is 0.0976. The second-order valence-corrected chi connectivity index (χ2v) is 6.01. The number of likely N-dealkylation sites (tertiary alicyclic amines) is 1. The van der Waals surface area contributed by atoms with E-state index in [2.05, 4.69) is 24.1 Å². The summed E-state index contributed by atoms with van der Waals surface area (Å²) in [6, 6.07) is 0.605. The molecule has 0 aromatic rings. The van der Waals surface area contributed by atoms with Crippen LogP contribution in [0.5, 0.6) is 0 Å². The lowest BCUT2D eigenvalue weighted by Gasteiger charge is -2.32. The van der Waals surface area contributed by atoms with Crippen LogP contribution in [0.3, 0.4) is 0 Å². The van der Waals surface area contributed by atoms with E-state index in [0.29, 0.717) is 17.9 Å². The summed E-state index contributed by atoms with van der Waals surface area (Å²) in [5, 5.41) is 3.39. The number of hydrogen-bond donors (Lipinski definition) is 1. The van der Waals surface area contributed by atoms with Crippen LogP contribution < -0.4 is 5.32 Å². The summed E-state index contributed by atoms with van der Waals surface area (Å²) in [6.45, 7) is 6.41. The number of nitrogens with one attached hydrogen (secondary N) is 1. The average molecular weight is 252 g/mol. The number of hydrogen-bond acceptors (Lipinski definition) is 2. The van der Waals surface area contributed by atoms with Crippen molar-refractivity contribution in [3.8, 4) is 0 Å². The van der Waals surface area contributed by atoms with E-state index < -0.39 is 0 Å². The molecule has 2 fully saturated rings. The van der Waals surface area contributed by atoms with Gasteiger partial charge in [0.2, 0.25) is 5.91 Å². The van der Waals surface area contributed by atoms with Gasteiger partial charge in [-0.15, -0.1) is 0 Å². The van der Waals surface area contributed by atoms with Crippen molar-refractivity contribution in [2.24, 2.45) is 5.92 Å². The molecule has 1 saturated heterocycles. The second kappa shape index (κ2) is 6.55. The van der Waals surface area contributed by atoms with Gasteiger partial charge >= 0.3 is 0 Å². The van der Waals surface area contributed by atoms with Gasteiger partial charge in [-0.3, -0.25) is 4.79 Å². The predicted molar refractivity (Wildman–Crippen MR) is 74.4 cm³/mol. The van der Waals surface area contributed by atoms with Gasteiger partial charge in [0.1, 0.15) is 0 Å². The first kappa shape index (κ1) is 13.9. The lowest BCUT2D eigenvalue weighted by atomic mass is 9.95. The van der Waals surface area contributed by atoms with Crippen molar-refractivity contribution in [2.75, 3.05) is 13.1 Å². The third-order valence-electron chi connectivity index (χ3n) is 4.60. The molecule has 1 amide bonds. The Morgan fingerprint density at radius 1 is 1.22 bits per heavy atom. The van der Waals surface area contributed by atoms with Gasteiger partial charge in [-0.1, -0.05) is 33.1 Å². The molecule has 2 rings (SSSR count). The Morgan fingerprint density at radius 3 is 2.78 bits per heavy atom. The molecular formula is C15H28N2O. The van der Waals surface area contributed by atoms with Crippen LogP contribution in [0.2, 0.25) is 0 Å². The van der Waals surface area contributed by atoms with Crippen molar-refractivity contribution in [3.05, 3.63) is 0 Å². The summed E-state index contributed by atoms with van der Waals surface area (Å²) >= 11 is 0. The standard InChI is InChI=1S/C15H28N2O/c1-3-10-16-13-9-11-17(15(13)18)14-8-6-4-5-7-12(14)2/h12-14,16H,3-11H2,1-2H3. The highest BCUT2D eigenvalue weighted by Gasteiger charge is 2.37. The maximum absolute atomic E-state index is 12.4. The summed E-state index contributed by atoms with van der Waals surface area (Å²) < 4.78 is 0. The molecule has 3 unspecified atom stereocenters.